The molecule has 0 saturated carbocycles. The Morgan fingerprint density at radius 3 is 2.30 bits per heavy atom. The molecule has 0 spiro atoms. The highest BCUT2D eigenvalue weighted by molar-refractivity contribution is 5.82. The zero-order valence-corrected chi connectivity index (χ0v) is 12.3. The lowest BCUT2D eigenvalue weighted by Gasteiger charge is -2.23. The first kappa shape index (κ1) is 16.0. The van der Waals surface area contributed by atoms with Crippen LogP contribution >= 0.6 is 0 Å². The summed E-state index contributed by atoms with van der Waals surface area (Å²) < 4.78 is 10.1. The lowest BCUT2D eigenvalue weighted by Crippen LogP contribution is -2.38. The minimum Gasteiger partial charge on any atom is -0.464 e. The van der Waals surface area contributed by atoms with Crippen LogP contribution in [0, 0.1) is 0 Å². The number of hydrogen-bond acceptors (Lipinski definition) is 4. The van der Waals surface area contributed by atoms with Crippen molar-refractivity contribution in [1.82, 2.24) is 5.32 Å². The molecule has 20 heavy (non-hydrogen) atoms. The van der Waals surface area contributed by atoms with Gasteiger partial charge in [0.15, 0.2) is 6.04 Å². The maximum atomic E-state index is 12.0. The summed E-state index contributed by atoms with van der Waals surface area (Å²) in [6.07, 6.45) is -0.653. The van der Waals surface area contributed by atoms with Crippen molar-refractivity contribution in [3.8, 4) is 0 Å². The molecule has 1 aromatic rings. The smallest absolute Gasteiger partial charge is 0.408 e. The summed E-state index contributed by atoms with van der Waals surface area (Å²) in [5, 5.41) is 2.54. The predicted octanol–water partition coefficient (Wildman–Crippen LogP) is 2.82. The third-order valence-corrected chi connectivity index (χ3v) is 2.32. The molecule has 0 aliphatic carbocycles. The zero-order valence-electron chi connectivity index (χ0n) is 12.3. The molecule has 110 valence electrons. The van der Waals surface area contributed by atoms with E-state index in [9.17, 15) is 9.59 Å². The SMILES string of the molecule is CCOC(=O)C(NC(=O)OC(C)(C)C)c1ccccc1. The highest BCUT2D eigenvalue weighted by Gasteiger charge is 2.26. The van der Waals surface area contributed by atoms with Crippen molar-refractivity contribution in [1.29, 1.82) is 0 Å². The first-order valence-corrected chi connectivity index (χ1v) is 6.54. The van der Waals surface area contributed by atoms with Crippen LogP contribution in [-0.4, -0.2) is 24.3 Å². The van der Waals surface area contributed by atoms with Crippen LogP contribution in [0.15, 0.2) is 30.3 Å². The van der Waals surface area contributed by atoms with Crippen LogP contribution in [0.3, 0.4) is 0 Å². The van der Waals surface area contributed by atoms with Crippen molar-refractivity contribution in [2.75, 3.05) is 6.61 Å². The molecule has 0 heterocycles. The molecule has 1 amide bonds. The average Bonchev–Trinajstić information content (AvgIpc) is 2.35. The number of nitrogens with one attached hydrogen (secondary N) is 1. The Kier molecular flexibility index (Phi) is 5.55. The molecule has 5 nitrogen and oxygen atoms in total. The number of amides is 1. The summed E-state index contributed by atoms with van der Waals surface area (Å²) in [5.74, 6) is -0.510. The van der Waals surface area contributed by atoms with Gasteiger partial charge in [0.05, 0.1) is 6.61 Å². The molecule has 0 aliphatic heterocycles. The molecule has 0 aliphatic rings. The molecule has 0 aromatic heterocycles. The van der Waals surface area contributed by atoms with Gasteiger partial charge in [-0.05, 0) is 33.3 Å². The normalized spacial score (nSPS) is 12.4. The van der Waals surface area contributed by atoms with Crippen molar-refractivity contribution in [3.05, 3.63) is 35.9 Å². The summed E-state index contributed by atoms with van der Waals surface area (Å²) in [6, 6.07) is 8.04. The van der Waals surface area contributed by atoms with E-state index >= 15 is 0 Å². The molecule has 1 N–H and O–H groups in total. The van der Waals surface area contributed by atoms with E-state index in [4.69, 9.17) is 9.47 Å². The van der Waals surface area contributed by atoms with Crippen molar-refractivity contribution < 1.29 is 19.1 Å². The highest BCUT2D eigenvalue weighted by atomic mass is 16.6. The van der Waals surface area contributed by atoms with Gasteiger partial charge in [-0.15, -0.1) is 0 Å². The Morgan fingerprint density at radius 2 is 1.80 bits per heavy atom. The maximum Gasteiger partial charge on any atom is 0.408 e. The lowest BCUT2D eigenvalue weighted by molar-refractivity contribution is -0.145. The van der Waals surface area contributed by atoms with Gasteiger partial charge < -0.3 is 14.8 Å². The monoisotopic (exact) mass is 279 g/mol. The number of ether oxygens (including phenoxy) is 2. The van der Waals surface area contributed by atoms with E-state index in [1.54, 1.807) is 52.0 Å². The Balaban J connectivity index is 2.84. The van der Waals surface area contributed by atoms with Crippen molar-refractivity contribution in [3.63, 3.8) is 0 Å². The van der Waals surface area contributed by atoms with Gasteiger partial charge in [0.2, 0.25) is 0 Å². The van der Waals surface area contributed by atoms with Gasteiger partial charge in [-0.3, -0.25) is 0 Å². The molecule has 0 saturated heterocycles. The van der Waals surface area contributed by atoms with Crippen molar-refractivity contribution >= 4 is 12.1 Å². The van der Waals surface area contributed by atoms with Gasteiger partial charge in [0.25, 0.3) is 0 Å². The van der Waals surface area contributed by atoms with Gasteiger partial charge in [-0.25, -0.2) is 9.59 Å². The lowest BCUT2D eigenvalue weighted by atomic mass is 10.1. The van der Waals surface area contributed by atoms with Crippen LogP contribution < -0.4 is 5.32 Å². The topological polar surface area (TPSA) is 64.6 Å². The van der Waals surface area contributed by atoms with E-state index in [-0.39, 0.29) is 6.61 Å². The van der Waals surface area contributed by atoms with E-state index in [0.29, 0.717) is 5.56 Å². The number of carbonyl (C=O) groups is 2. The fourth-order valence-electron chi connectivity index (χ4n) is 1.57. The molecule has 1 unspecified atom stereocenters. The second-order valence-corrected chi connectivity index (χ2v) is 5.24. The summed E-state index contributed by atoms with van der Waals surface area (Å²) >= 11 is 0. The second kappa shape index (κ2) is 6.93. The molecule has 5 heteroatoms. The van der Waals surface area contributed by atoms with Crippen LogP contribution in [0.2, 0.25) is 0 Å². The number of benzene rings is 1. The van der Waals surface area contributed by atoms with Crippen LogP contribution in [0.5, 0.6) is 0 Å². The van der Waals surface area contributed by atoms with Crippen molar-refractivity contribution in [2.45, 2.75) is 39.3 Å². The minimum atomic E-state index is -0.869. The fraction of sp³-hybridized carbons (Fsp3) is 0.467. The van der Waals surface area contributed by atoms with Gasteiger partial charge in [-0.2, -0.15) is 0 Å². The number of alkyl carbamates (subject to hydrolysis) is 1. The number of carbonyl (C=O) groups excluding carboxylic acids is 2. The van der Waals surface area contributed by atoms with E-state index in [1.165, 1.54) is 0 Å². The molecular formula is C15H21NO4. The van der Waals surface area contributed by atoms with Gasteiger partial charge in [0, 0.05) is 0 Å². The quantitative estimate of drug-likeness (QED) is 0.861. The number of hydrogen-bond donors (Lipinski definition) is 1. The molecule has 1 atom stereocenters. The van der Waals surface area contributed by atoms with Gasteiger partial charge in [0.1, 0.15) is 5.60 Å². The van der Waals surface area contributed by atoms with Crippen LogP contribution in [-0.2, 0) is 14.3 Å². The minimum absolute atomic E-state index is 0.248. The van der Waals surface area contributed by atoms with Gasteiger partial charge >= 0.3 is 12.1 Å². The summed E-state index contributed by atoms with van der Waals surface area (Å²) in [4.78, 5) is 23.8. The largest absolute Gasteiger partial charge is 0.464 e. The Labute approximate surface area is 119 Å². The fourth-order valence-corrected chi connectivity index (χ4v) is 1.57. The third-order valence-electron chi connectivity index (χ3n) is 2.32. The summed E-state index contributed by atoms with van der Waals surface area (Å²) in [7, 11) is 0. The highest BCUT2D eigenvalue weighted by Crippen LogP contribution is 2.16. The molecule has 0 radical (unpaired) electrons. The first-order valence-electron chi connectivity index (χ1n) is 6.54. The Bertz CT molecular complexity index is 451. The second-order valence-electron chi connectivity index (χ2n) is 5.24. The Morgan fingerprint density at radius 1 is 1.20 bits per heavy atom. The molecule has 0 fully saturated rings. The van der Waals surface area contributed by atoms with E-state index in [1.807, 2.05) is 6.07 Å². The molecule has 1 rings (SSSR count). The zero-order chi connectivity index (χ0) is 15.2. The van der Waals surface area contributed by atoms with E-state index in [0.717, 1.165) is 0 Å². The average molecular weight is 279 g/mol. The van der Waals surface area contributed by atoms with Crippen LogP contribution in [0.4, 0.5) is 4.79 Å². The molecular weight excluding hydrogens is 258 g/mol. The number of rotatable bonds is 4. The van der Waals surface area contributed by atoms with E-state index in [2.05, 4.69) is 5.32 Å². The predicted molar refractivity (Wildman–Crippen MR) is 75.2 cm³/mol. The molecule has 0 bridgehead atoms. The third kappa shape index (κ3) is 5.30. The van der Waals surface area contributed by atoms with Crippen LogP contribution in [0.25, 0.3) is 0 Å². The summed E-state index contributed by atoms with van der Waals surface area (Å²) in [6.45, 7) is 7.24. The number of esters is 1. The maximum absolute atomic E-state index is 12.0. The summed E-state index contributed by atoms with van der Waals surface area (Å²) in [5.41, 5.74) is 0.0248. The van der Waals surface area contributed by atoms with Crippen molar-refractivity contribution in [2.24, 2.45) is 0 Å². The first-order chi connectivity index (χ1) is 9.33. The standard InChI is InChI=1S/C15H21NO4/c1-5-19-13(17)12(11-9-7-6-8-10-11)16-14(18)20-15(2,3)4/h6-10,12H,5H2,1-4H3,(H,16,18). The Hall–Kier alpha value is -2.04. The van der Waals surface area contributed by atoms with E-state index < -0.39 is 23.7 Å². The van der Waals surface area contributed by atoms with Gasteiger partial charge in [-0.1, -0.05) is 30.3 Å². The van der Waals surface area contributed by atoms with Crippen LogP contribution in [0.1, 0.15) is 39.3 Å². The molecule has 1 aromatic carbocycles.